The predicted octanol–water partition coefficient (Wildman–Crippen LogP) is 5.25. The van der Waals surface area contributed by atoms with E-state index in [0.29, 0.717) is 5.92 Å². The van der Waals surface area contributed by atoms with Crippen LogP contribution < -0.4 is 0 Å². The molecule has 2 aromatic rings. The summed E-state index contributed by atoms with van der Waals surface area (Å²) in [6.45, 7) is 7.66. The number of hydrogen-bond acceptors (Lipinski definition) is 0. The van der Waals surface area contributed by atoms with Crippen molar-refractivity contribution in [3.63, 3.8) is 0 Å². The van der Waals surface area contributed by atoms with E-state index in [1.165, 1.54) is 40.7 Å². The lowest BCUT2D eigenvalue weighted by Crippen LogP contribution is -2.12. The van der Waals surface area contributed by atoms with Crippen LogP contribution >= 0.6 is 0 Å². The fourth-order valence-electron chi connectivity index (χ4n) is 3.09. The summed E-state index contributed by atoms with van der Waals surface area (Å²) in [5, 5.41) is 0. The first kappa shape index (κ1) is 12.9. The van der Waals surface area contributed by atoms with Crippen LogP contribution in [0.25, 0.3) is 12.2 Å². The predicted molar refractivity (Wildman–Crippen MR) is 87.8 cm³/mol. The topological polar surface area (TPSA) is 0 Å². The average molecular weight is 260 g/mol. The van der Waals surface area contributed by atoms with Gasteiger partial charge in [0.1, 0.15) is 0 Å². The summed E-state index contributed by atoms with van der Waals surface area (Å²) in [6.07, 6.45) is 7.39. The van der Waals surface area contributed by atoms with E-state index in [1.54, 1.807) is 0 Å². The van der Waals surface area contributed by atoms with Crippen molar-refractivity contribution in [1.82, 2.24) is 0 Å². The molecule has 2 aromatic carbocycles. The minimum Gasteiger partial charge on any atom is -0.0985 e. The third-order valence-electron chi connectivity index (χ3n) is 4.34. The molecule has 0 heterocycles. The van der Waals surface area contributed by atoms with Gasteiger partial charge in [-0.05, 0) is 53.0 Å². The second-order valence-electron chi connectivity index (χ2n) is 5.54. The van der Waals surface area contributed by atoms with Crippen LogP contribution in [0.15, 0.2) is 55.6 Å². The van der Waals surface area contributed by atoms with Crippen molar-refractivity contribution >= 4 is 12.2 Å². The summed E-state index contributed by atoms with van der Waals surface area (Å²) >= 11 is 0. The van der Waals surface area contributed by atoms with Crippen LogP contribution in [0.2, 0.25) is 0 Å². The van der Waals surface area contributed by atoms with Crippen molar-refractivity contribution in [1.29, 1.82) is 0 Å². The molecule has 0 N–H and O–H groups in total. The van der Waals surface area contributed by atoms with Gasteiger partial charge in [-0.25, -0.2) is 0 Å². The van der Waals surface area contributed by atoms with Crippen LogP contribution in [0.3, 0.4) is 0 Å². The van der Waals surface area contributed by atoms with Crippen LogP contribution in [0.4, 0.5) is 0 Å². The number of hydrogen-bond donors (Lipinski definition) is 0. The van der Waals surface area contributed by atoms with Crippen LogP contribution in [0.1, 0.15) is 40.2 Å². The van der Waals surface area contributed by atoms with E-state index in [4.69, 9.17) is 0 Å². The highest BCUT2D eigenvalue weighted by Crippen LogP contribution is 2.33. The molecule has 0 radical (unpaired) electrons. The summed E-state index contributed by atoms with van der Waals surface area (Å²) < 4.78 is 0. The summed E-state index contributed by atoms with van der Waals surface area (Å²) in [6, 6.07) is 15.6. The minimum atomic E-state index is 0.649. The Morgan fingerprint density at radius 2 is 1.55 bits per heavy atom. The Kier molecular flexibility index (Phi) is 3.56. The normalized spacial score (nSPS) is 17.3. The Labute approximate surface area is 121 Å². The first-order chi connectivity index (χ1) is 9.80. The van der Waals surface area contributed by atoms with Crippen LogP contribution in [0.5, 0.6) is 0 Å². The van der Waals surface area contributed by atoms with Crippen molar-refractivity contribution < 1.29 is 0 Å². The van der Waals surface area contributed by atoms with E-state index in [1.807, 2.05) is 12.2 Å². The van der Waals surface area contributed by atoms with Gasteiger partial charge in [0.15, 0.2) is 0 Å². The molecular weight excluding hydrogens is 240 g/mol. The molecule has 1 unspecified atom stereocenters. The molecule has 0 aliphatic heterocycles. The molecule has 0 heteroatoms. The number of benzene rings is 2. The van der Waals surface area contributed by atoms with Gasteiger partial charge in [0.2, 0.25) is 0 Å². The average Bonchev–Trinajstić information content (AvgIpc) is 2.54. The number of rotatable bonds is 3. The highest BCUT2D eigenvalue weighted by Gasteiger charge is 2.19. The molecule has 0 saturated carbocycles. The molecule has 100 valence electrons. The van der Waals surface area contributed by atoms with Gasteiger partial charge in [-0.2, -0.15) is 0 Å². The molecule has 0 spiro atoms. The van der Waals surface area contributed by atoms with Crippen molar-refractivity contribution in [3.05, 3.63) is 83.4 Å². The fourth-order valence-corrected chi connectivity index (χ4v) is 3.09. The number of aryl methyl sites for hydroxylation is 1. The molecule has 0 aromatic heterocycles. The molecule has 0 bridgehead atoms. The Bertz CT molecular complexity index is 632. The summed E-state index contributed by atoms with van der Waals surface area (Å²) in [5.41, 5.74) is 6.88. The van der Waals surface area contributed by atoms with E-state index in [-0.39, 0.29) is 0 Å². The standard InChI is InChI=1S/C20H20/c1-3-15-5-8-17(9-6-15)19-12-11-18-13-16(4-2)7-10-20(18)14-19/h3-10,13,19H,1-2,11-12,14H2. The summed E-state index contributed by atoms with van der Waals surface area (Å²) in [5.74, 6) is 0.649. The van der Waals surface area contributed by atoms with E-state index in [9.17, 15) is 0 Å². The van der Waals surface area contributed by atoms with Crippen molar-refractivity contribution in [2.75, 3.05) is 0 Å². The van der Waals surface area contributed by atoms with Gasteiger partial charge in [0, 0.05) is 0 Å². The van der Waals surface area contributed by atoms with Gasteiger partial charge in [0.05, 0.1) is 0 Å². The lowest BCUT2D eigenvalue weighted by molar-refractivity contribution is 0.585. The van der Waals surface area contributed by atoms with Gasteiger partial charge in [0.25, 0.3) is 0 Å². The smallest absolute Gasteiger partial charge is 0.0118 e. The van der Waals surface area contributed by atoms with E-state index >= 15 is 0 Å². The first-order valence-corrected chi connectivity index (χ1v) is 7.27. The van der Waals surface area contributed by atoms with Crippen LogP contribution in [-0.2, 0) is 12.8 Å². The quantitative estimate of drug-likeness (QED) is 0.707. The minimum absolute atomic E-state index is 0.649. The second-order valence-corrected chi connectivity index (χ2v) is 5.54. The lowest BCUT2D eigenvalue weighted by atomic mass is 9.79. The molecule has 0 nitrogen and oxygen atoms in total. The second kappa shape index (κ2) is 5.50. The molecule has 1 aliphatic carbocycles. The molecule has 0 saturated heterocycles. The van der Waals surface area contributed by atoms with Gasteiger partial charge < -0.3 is 0 Å². The number of fused-ring (bicyclic) bond motifs is 1. The van der Waals surface area contributed by atoms with Crippen LogP contribution in [0, 0.1) is 0 Å². The maximum Gasteiger partial charge on any atom is -0.0118 e. The molecule has 0 fully saturated rings. The largest absolute Gasteiger partial charge is 0.0985 e. The molecule has 3 rings (SSSR count). The summed E-state index contributed by atoms with van der Waals surface area (Å²) in [4.78, 5) is 0. The third-order valence-corrected chi connectivity index (χ3v) is 4.34. The third kappa shape index (κ3) is 2.46. The monoisotopic (exact) mass is 260 g/mol. The van der Waals surface area contributed by atoms with E-state index in [0.717, 1.165) is 6.42 Å². The van der Waals surface area contributed by atoms with E-state index < -0.39 is 0 Å². The van der Waals surface area contributed by atoms with Crippen molar-refractivity contribution in [2.45, 2.75) is 25.2 Å². The Balaban J connectivity index is 1.84. The maximum absolute atomic E-state index is 3.85. The molecule has 1 atom stereocenters. The van der Waals surface area contributed by atoms with Gasteiger partial charge in [-0.1, -0.05) is 67.8 Å². The Hall–Kier alpha value is -2.08. The highest BCUT2D eigenvalue weighted by atomic mass is 14.2. The fraction of sp³-hybridized carbons (Fsp3) is 0.200. The zero-order chi connectivity index (χ0) is 13.9. The molecule has 0 amide bonds. The maximum atomic E-state index is 3.85. The lowest BCUT2D eigenvalue weighted by Gasteiger charge is -2.25. The first-order valence-electron chi connectivity index (χ1n) is 7.27. The Morgan fingerprint density at radius 1 is 0.850 bits per heavy atom. The Morgan fingerprint density at radius 3 is 2.25 bits per heavy atom. The van der Waals surface area contributed by atoms with Gasteiger partial charge in [-0.15, -0.1) is 0 Å². The molecular formula is C20H20. The SMILES string of the molecule is C=Cc1ccc(C2CCc3cc(C=C)ccc3C2)cc1. The van der Waals surface area contributed by atoms with Crippen molar-refractivity contribution in [3.8, 4) is 0 Å². The molecule has 20 heavy (non-hydrogen) atoms. The zero-order valence-corrected chi connectivity index (χ0v) is 11.8. The van der Waals surface area contributed by atoms with Crippen molar-refractivity contribution in [2.24, 2.45) is 0 Å². The van der Waals surface area contributed by atoms with Gasteiger partial charge in [-0.3, -0.25) is 0 Å². The zero-order valence-electron chi connectivity index (χ0n) is 11.8. The molecule has 1 aliphatic rings. The van der Waals surface area contributed by atoms with E-state index in [2.05, 4.69) is 55.6 Å². The van der Waals surface area contributed by atoms with Gasteiger partial charge >= 0.3 is 0 Å². The van der Waals surface area contributed by atoms with Crippen LogP contribution in [-0.4, -0.2) is 0 Å². The summed E-state index contributed by atoms with van der Waals surface area (Å²) in [7, 11) is 0. The highest BCUT2D eigenvalue weighted by molar-refractivity contribution is 5.51.